The molecule has 3 nitrogen and oxygen atoms in total. The molecule has 0 spiro atoms. The summed E-state index contributed by atoms with van der Waals surface area (Å²) in [4.78, 5) is 7.20. The van der Waals surface area contributed by atoms with Crippen molar-refractivity contribution in [2.24, 2.45) is 0 Å². The highest BCUT2D eigenvalue weighted by Gasteiger charge is 2.19. The number of fused-ring (bicyclic) bond motifs is 3. The van der Waals surface area contributed by atoms with E-state index in [9.17, 15) is 0 Å². The molecule has 294 valence electrons. The lowest BCUT2D eigenvalue weighted by Gasteiger charge is -2.26. The second-order valence-corrected chi connectivity index (χ2v) is 16.5. The Kier molecular flexibility index (Phi) is 9.74. The highest BCUT2D eigenvalue weighted by molar-refractivity contribution is 7.18. The van der Waals surface area contributed by atoms with Crippen molar-refractivity contribution in [2.75, 3.05) is 9.80 Å². The average Bonchev–Trinajstić information content (AvgIpc) is 3.98. The standard InChI is InChI=1S/C58H41N3S/c1-5-15-44(16-6-1)57-39-40-58(62-57)45-29-35-51(36-30-45)60(52-37-38-56-54(41-52)53-23-13-14-24-55(53)61(56)48-21-11-4-12-22-48)50-33-27-43(28-34-50)42-25-31-49(32-26-42)59(46-17-7-2-8-18-46)47-19-9-3-10-20-47/h1-41H. The van der Waals surface area contributed by atoms with Crippen LogP contribution in [-0.2, 0) is 0 Å². The van der Waals surface area contributed by atoms with Crippen molar-refractivity contribution in [3.63, 3.8) is 0 Å². The highest BCUT2D eigenvalue weighted by atomic mass is 32.1. The maximum absolute atomic E-state index is 2.38. The number of rotatable bonds is 10. The predicted molar refractivity (Wildman–Crippen MR) is 264 cm³/mol. The molecule has 0 N–H and O–H groups in total. The molecule has 0 radical (unpaired) electrons. The van der Waals surface area contributed by atoms with Gasteiger partial charge >= 0.3 is 0 Å². The molecule has 62 heavy (non-hydrogen) atoms. The van der Waals surface area contributed by atoms with Crippen LogP contribution in [0.3, 0.4) is 0 Å². The number of para-hydroxylation sites is 4. The average molecular weight is 812 g/mol. The molecule has 0 aliphatic rings. The van der Waals surface area contributed by atoms with E-state index in [4.69, 9.17) is 0 Å². The van der Waals surface area contributed by atoms with E-state index in [1.165, 1.54) is 48.3 Å². The summed E-state index contributed by atoms with van der Waals surface area (Å²) in [6.07, 6.45) is 0. The predicted octanol–water partition coefficient (Wildman–Crippen LogP) is 16.8. The lowest BCUT2D eigenvalue weighted by Crippen LogP contribution is -2.10. The van der Waals surface area contributed by atoms with E-state index < -0.39 is 0 Å². The van der Waals surface area contributed by atoms with E-state index in [0.29, 0.717) is 0 Å². The van der Waals surface area contributed by atoms with Crippen molar-refractivity contribution in [1.29, 1.82) is 0 Å². The molecule has 11 aromatic rings. The van der Waals surface area contributed by atoms with Gasteiger partial charge in [-0.3, -0.25) is 0 Å². The molecule has 0 atom stereocenters. The molecule has 2 aromatic heterocycles. The van der Waals surface area contributed by atoms with Crippen LogP contribution in [0.15, 0.2) is 249 Å². The molecule has 0 unspecified atom stereocenters. The van der Waals surface area contributed by atoms with Crippen molar-refractivity contribution in [2.45, 2.75) is 0 Å². The van der Waals surface area contributed by atoms with Gasteiger partial charge in [0.25, 0.3) is 0 Å². The zero-order valence-electron chi connectivity index (χ0n) is 33.9. The Bertz CT molecular complexity index is 3210. The zero-order chi connectivity index (χ0) is 41.2. The van der Waals surface area contributed by atoms with Gasteiger partial charge < -0.3 is 14.4 Å². The van der Waals surface area contributed by atoms with Crippen LogP contribution >= 0.6 is 11.3 Å². The molecule has 0 saturated heterocycles. The smallest absolute Gasteiger partial charge is 0.0542 e. The van der Waals surface area contributed by atoms with E-state index in [1.807, 2.05) is 11.3 Å². The number of anilines is 6. The Labute approximate surface area is 366 Å². The summed E-state index contributed by atoms with van der Waals surface area (Å²) in [7, 11) is 0. The largest absolute Gasteiger partial charge is 0.311 e. The third kappa shape index (κ3) is 7.02. The van der Waals surface area contributed by atoms with Crippen LogP contribution in [0, 0.1) is 0 Å². The Balaban J connectivity index is 0.972. The van der Waals surface area contributed by atoms with Gasteiger partial charge in [0.2, 0.25) is 0 Å². The van der Waals surface area contributed by atoms with Gasteiger partial charge in [0.1, 0.15) is 0 Å². The third-order valence-corrected chi connectivity index (χ3v) is 12.8. The molecule has 0 amide bonds. The molecule has 2 heterocycles. The van der Waals surface area contributed by atoms with Crippen molar-refractivity contribution in [1.82, 2.24) is 4.57 Å². The number of aromatic nitrogens is 1. The normalized spacial score (nSPS) is 11.2. The first-order chi connectivity index (χ1) is 30.7. The summed E-state index contributed by atoms with van der Waals surface area (Å²) in [5.74, 6) is 0. The first-order valence-corrected chi connectivity index (χ1v) is 21.8. The minimum absolute atomic E-state index is 1.09. The van der Waals surface area contributed by atoms with Crippen molar-refractivity contribution in [3.05, 3.63) is 249 Å². The van der Waals surface area contributed by atoms with Gasteiger partial charge in [0.15, 0.2) is 0 Å². The van der Waals surface area contributed by atoms with Gasteiger partial charge in [-0.1, -0.05) is 140 Å². The lowest BCUT2D eigenvalue weighted by atomic mass is 10.0. The van der Waals surface area contributed by atoms with Gasteiger partial charge in [-0.05, 0) is 131 Å². The van der Waals surface area contributed by atoms with Crippen LogP contribution in [0.5, 0.6) is 0 Å². The van der Waals surface area contributed by atoms with Crippen LogP contribution in [0.25, 0.3) is 59.5 Å². The summed E-state index contributed by atoms with van der Waals surface area (Å²) >= 11 is 1.83. The number of benzene rings is 9. The molecular weight excluding hydrogens is 771 g/mol. The Morgan fingerprint density at radius 1 is 0.274 bits per heavy atom. The summed E-state index contributed by atoms with van der Waals surface area (Å²) in [5.41, 5.74) is 15.0. The number of hydrogen-bond donors (Lipinski definition) is 0. The SMILES string of the molecule is c1ccc(-c2ccc(-c3ccc(N(c4ccc(-c5ccc(N(c6ccccc6)c6ccccc6)cc5)cc4)c4ccc5c(c4)c4ccccc4n5-c4ccccc4)cc3)s2)cc1. The summed E-state index contributed by atoms with van der Waals surface area (Å²) in [6, 6.07) is 89.4. The fourth-order valence-electron chi connectivity index (χ4n) is 8.64. The van der Waals surface area contributed by atoms with Gasteiger partial charge in [0.05, 0.1) is 11.0 Å². The molecule has 9 aromatic carbocycles. The molecule has 0 aliphatic heterocycles. The number of nitrogens with zero attached hydrogens (tertiary/aromatic N) is 3. The molecule has 0 fully saturated rings. The van der Waals surface area contributed by atoms with Crippen LogP contribution in [0.1, 0.15) is 0 Å². The quantitative estimate of drug-likeness (QED) is 0.136. The maximum atomic E-state index is 2.38. The lowest BCUT2D eigenvalue weighted by molar-refractivity contribution is 1.18. The minimum atomic E-state index is 1.09. The first-order valence-electron chi connectivity index (χ1n) is 21.0. The van der Waals surface area contributed by atoms with Gasteiger partial charge in [-0.15, -0.1) is 11.3 Å². The molecule has 0 aliphatic carbocycles. The minimum Gasteiger partial charge on any atom is -0.311 e. The Morgan fingerprint density at radius 2 is 0.661 bits per heavy atom. The van der Waals surface area contributed by atoms with Crippen molar-refractivity contribution < 1.29 is 0 Å². The molecule has 11 rings (SSSR count). The summed E-state index contributed by atoms with van der Waals surface area (Å²) in [5, 5.41) is 2.44. The van der Waals surface area contributed by atoms with Gasteiger partial charge in [-0.2, -0.15) is 0 Å². The molecule has 4 heteroatoms. The topological polar surface area (TPSA) is 11.4 Å². The fourth-order valence-corrected chi connectivity index (χ4v) is 9.65. The van der Waals surface area contributed by atoms with E-state index in [-0.39, 0.29) is 0 Å². The van der Waals surface area contributed by atoms with E-state index in [2.05, 4.69) is 263 Å². The summed E-state index contributed by atoms with van der Waals surface area (Å²) < 4.78 is 2.37. The maximum Gasteiger partial charge on any atom is 0.0542 e. The van der Waals surface area contributed by atoms with E-state index >= 15 is 0 Å². The van der Waals surface area contributed by atoms with E-state index in [1.54, 1.807) is 0 Å². The molecular formula is C58H41N3S. The third-order valence-electron chi connectivity index (χ3n) is 11.6. The van der Waals surface area contributed by atoms with Crippen molar-refractivity contribution >= 4 is 67.3 Å². The molecule has 0 bridgehead atoms. The summed E-state index contributed by atoms with van der Waals surface area (Å²) in [6.45, 7) is 0. The highest BCUT2D eigenvalue weighted by Crippen LogP contribution is 2.42. The van der Waals surface area contributed by atoms with Crippen molar-refractivity contribution in [3.8, 4) is 37.7 Å². The van der Waals surface area contributed by atoms with Gasteiger partial charge in [0, 0.05) is 60.3 Å². The number of hydrogen-bond acceptors (Lipinski definition) is 3. The Hall–Kier alpha value is -7.92. The second-order valence-electron chi connectivity index (χ2n) is 15.4. The van der Waals surface area contributed by atoms with E-state index in [0.717, 1.165) is 45.4 Å². The van der Waals surface area contributed by atoms with Crippen LogP contribution in [-0.4, -0.2) is 4.57 Å². The van der Waals surface area contributed by atoms with Crippen LogP contribution < -0.4 is 9.80 Å². The van der Waals surface area contributed by atoms with Crippen LogP contribution in [0.4, 0.5) is 34.1 Å². The zero-order valence-corrected chi connectivity index (χ0v) is 34.7. The Morgan fingerprint density at radius 3 is 1.21 bits per heavy atom. The van der Waals surface area contributed by atoms with Gasteiger partial charge in [-0.25, -0.2) is 0 Å². The molecule has 0 saturated carbocycles. The van der Waals surface area contributed by atoms with Crippen LogP contribution in [0.2, 0.25) is 0 Å². The fraction of sp³-hybridized carbons (Fsp3) is 0. The second kappa shape index (κ2) is 16.3. The number of thiophene rings is 1. The monoisotopic (exact) mass is 811 g/mol. The first kappa shape index (κ1) is 37.1.